The van der Waals surface area contributed by atoms with E-state index in [-0.39, 0.29) is 5.82 Å². The number of hydrogen-bond donors (Lipinski definition) is 0. The Morgan fingerprint density at radius 3 is 2.56 bits per heavy atom. The van der Waals surface area contributed by atoms with Crippen molar-refractivity contribution in [1.82, 2.24) is 14.8 Å². The average molecular weight is 239 g/mol. The summed E-state index contributed by atoms with van der Waals surface area (Å²) in [5, 5.41) is 4.23. The van der Waals surface area contributed by atoms with Crippen LogP contribution in [0.3, 0.4) is 0 Å². The third-order valence-electron chi connectivity index (χ3n) is 2.67. The molecule has 0 fully saturated rings. The van der Waals surface area contributed by atoms with E-state index >= 15 is 0 Å². The maximum Gasteiger partial charge on any atom is 0.125 e. The van der Waals surface area contributed by atoms with Crippen molar-refractivity contribution in [1.29, 1.82) is 0 Å². The molecule has 88 valence electrons. The van der Waals surface area contributed by atoms with E-state index in [1.165, 1.54) is 12.1 Å². The van der Waals surface area contributed by atoms with Crippen LogP contribution < -0.4 is 0 Å². The average Bonchev–Trinajstić information content (AvgIpc) is 2.89. The fraction of sp³-hybridized carbons (Fsp3) is 0. The van der Waals surface area contributed by atoms with E-state index in [0.717, 1.165) is 11.3 Å². The summed E-state index contributed by atoms with van der Waals surface area (Å²) in [4.78, 5) is 3.98. The quantitative estimate of drug-likeness (QED) is 0.688. The first kappa shape index (κ1) is 10.7. The Morgan fingerprint density at radius 1 is 0.944 bits per heavy atom. The molecule has 0 amide bonds. The summed E-state index contributed by atoms with van der Waals surface area (Å²) in [7, 11) is 0. The number of pyridine rings is 1. The minimum absolute atomic E-state index is 0.274. The van der Waals surface area contributed by atoms with Gasteiger partial charge in [0.1, 0.15) is 5.82 Å². The van der Waals surface area contributed by atoms with Crippen LogP contribution in [0.2, 0.25) is 0 Å². The Morgan fingerprint density at radius 2 is 1.78 bits per heavy atom. The van der Waals surface area contributed by atoms with Crippen LogP contribution >= 0.6 is 0 Å². The predicted molar refractivity (Wildman–Crippen MR) is 66.8 cm³/mol. The normalized spacial score (nSPS) is 10.5. The highest BCUT2D eigenvalue weighted by atomic mass is 19.1. The number of benzene rings is 1. The lowest BCUT2D eigenvalue weighted by molar-refractivity contribution is 0.625. The van der Waals surface area contributed by atoms with E-state index in [4.69, 9.17) is 0 Å². The van der Waals surface area contributed by atoms with Crippen LogP contribution in [0, 0.1) is 5.82 Å². The minimum atomic E-state index is -0.274. The van der Waals surface area contributed by atoms with Gasteiger partial charge in [0.2, 0.25) is 0 Å². The second-order valence-corrected chi connectivity index (χ2v) is 3.84. The Labute approximate surface area is 104 Å². The van der Waals surface area contributed by atoms with Gasteiger partial charge in [-0.1, -0.05) is 6.07 Å². The van der Waals surface area contributed by atoms with E-state index in [0.29, 0.717) is 5.69 Å². The number of aromatic nitrogens is 3. The predicted octanol–water partition coefficient (Wildman–Crippen LogP) is 3.07. The van der Waals surface area contributed by atoms with Gasteiger partial charge in [-0.25, -0.2) is 9.07 Å². The molecule has 0 saturated carbocycles. The van der Waals surface area contributed by atoms with Crippen molar-refractivity contribution in [3.63, 3.8) is 0 Å². The van der Waals surface area contributed by atoms with Gasteiger partial charge in [-0.2, -0.15) is 5.10 Å². The van der Waals surface area contributed by atoms with E-state index < -0.39 is 0 Å². The van der Waals surface area contributed by atoms with Crippen LogP contribution in [0.4, 0.5) is 4.39 Å². The van der Waals surface area contributed by atoms with E-state index in [1.54, 1.807) is 29.3 Å². The van der Waals surface area contributed by atoms with Crippen LogP contribution in [0.5, 0.6) is 0 Å². The third-order valence-corrected chi connectivity index (χ3v) is 2.67. The zero-order valence-corrected chi connectivity index (χ0v) is 9.49. The molecule has 3 nitrogen and oxygen atoms in total. The molecule has 0 spiro atoms. The SMILES string of the molecule is Fc1cccc(-n2nccc2-c2ccncc2)c1. The van der Waals surface area contributed by atoms with Crippen LogP contribution in [-0.4, -0.2) is 14.8 Å². The first-order valence-corrected chi connectivity index (χ1v) is 5.55. The van der Waals surface area contributed by atoms with Crippen molar-refractivity contribution in [2.75, 3.05) is 0 Å². The molecule has 0 saturated heterocycles. The molecule has 0 aliphatic heterocycles. The molecule has 4 heteroatoms. The first-order chi connectivity index (χ1) is 8.84. The van der Waals surface area contributed by atoms with Gasteiger partial charge >= 0.3 is 0 Å². The monoisotopic (exact) mass is 239 g/mol. The lowest BCUT2D eigenvalue weighted by Gasteiger charge is -2.07. The topological polar surface area (TPSA) is 30.7 Å². The summed E-state index contributed by atoms with van der Waals surface area (Å²) < 4.78 is 14.9. The molecule has 0 aliphatic rings. The van der Waals surface area contributed by atoms with Crippen LogP contribution in [0.25, 0.3) is 16.9 Å². The molecular weight excluding hydrogens is 229 g/mol. The van der Waals surface area contributed by atoms with E-state index in [2.05, 4.69) is 10.1 Å². The molecule has 0 radical (unpaired) electrons. The molecule has 1 aromatic carbocycles. The maximum atomic E-state index is 13.2. The highest BCUT2D eigenvalue weighted by Crippen LogP contribution is 2.21. The molecule has 2 aromatic heterocycles. The fourth-order valence-corrected chi connectivity index (χ4v) is 1.86. The Balaban J connectivity index is 2.13. The van der Waals surface area contributed by atoms with Crippen molar-refractivity contribution in [3.05, 3.63) is 66.9 Å². The van der Waals surface area contributed by atoms with Crippen molar-refractivity contribution < 1.29 is 4.39 Å². The molecule has 0 N–H and O–H groups in total. The largest absolute Gasteiger partial charge is 0.265 e. The Kier molecular flexibility index (Phi) is 2.61. The summed E-state index contributed by atoms with van der Waals surface area (Å²) in [6, 6.07) is 12.0. The van der Waals surface area contributed by atoms with Gasteiger partial charge in [0.05, 0.1) is 17.6 Å². The summed E-state index contributed by atoms with van der Waals surface area (Å²) in [6.07, 6.45) is 5.14. The van der Waals surface area contributed by atoms with Crippen molar-refractivity contribution in [2.45, 2.75) is 0 Å². The van der Waals surface area contributed by atoms with Gasteiger partial charge in [0, 0.05) is 18.0 Å². The molecule has 2 heterocycles. The number of halogens is 1. The van der Waals surface area contributed by atoms with Gasteiger partial charge in [0.15, 0.2) is 0 Å². The Bertz CT molecular complexity index is 662. The van der Waals surface area contributed by atoms with Crippen LogP contribution in [0.15, 0.2) is 61.1 Å². The fourth-order valence-electron chi connectivity index (χ4n) is 1.86. The zero-order chi connectivity index (χ0) is 12.4. The standard InChI is InChI=1S/C14H10FN3/c15-12-2-1-3-13(10-12)18-14(6-9-17-18)11-4-7-16-8-5-11/h1-10H. The summed E-state index contributed by atoms with van der Waals surface area (Å²) in [6.45, 7) is 0. The molecule has 18 heavy (non-hydrogen) atoms. The molecule has 0 atom stereocenters. The zero-order valence-electron chi connectivity index (χ0n) is 9.49. The number of nitrogens with zero attached hydrogens (tertiary/aromatic N) is 3. The maximum absolute atomic E-state index is 13.2. The molecular formula is C14H10FN3. The smallest absolute Gasteiger partial charge is 0.125 e. The van der Waals surface area contributed by atoms with E-state index in [1.807, 2.05) is 24.3 Å². The van der Waals surface area contributed by atoms with Gasteiger partial charge in [-0.15, -0.1) is 0 Å². The van der Waals surface area contributed by atoms with Crippen LogP contribution in [-0.2, 0) is 0 Å². The minimum Gasteiger partial charge on any atom is -0.265 e. The van der Waals surface area contributed by atoms with Crippen molar-refractivity contribution in [3.8, 4) is 16.9 Å². The lowest BCUT2D eigenvalue weighted by Crippen LogP contribution is -1.99. The number of hydrogen-bond acceptors (Lipinski definition) is 2. The highest BCUT2D eigenvalue weighted by molar-refractivity contribution is 5.61. The molecule has 3 aromatic rings. The first-order valence-electron chi connectivity index (χ1n) is 5.55. The van der Waals surface area contributed by atoms with Gasteiger partial charge in [-0.05, 0) is 36.4 Å². The van der Waals surface area contributed by atoms with Crippen LogP contribution in [0.1, 0.15) is 0 Å². The number of rotatable bonds is 2. The third kappa shape index (κ3) is 1.88. The van der Waals surface area contributed by atoms with Crippen molar-refractivity contribution >= 4 is 0 Å². The molecule has 0 bridgehead atoms. The van der Waals surface area contributed by atoms with Gasteiger partial charge < -0.3 is 0 Å². The summed E-state index contributed by atoms with van der Waals surface area (Å²) >= 11 is 0. The van der Waals surface area contributed by atoms with E-state index in [9.17, 15) is 4.39 Å². The van der Waals surface area contributed by atoms with Crippen molar-refractivity contribution in [2.24, 2.45) is 0 Å². The lowest BCUT2D eigenvalue weighted by atomic mass is 10.2. The molecule has 0 aliphatic carbocycles. The highest BCUT2D eigenvalue weighted by Gasteiger charge is 2.07. The summed E-state index contributed by atoms with van der Waals surface area (Å²) in [5.74, 6) is -0.274. The van der Waals surface area contributed by atoms with Gasteiger partial charge in [0.25, 0.3) is 0 Å². The molecule has 0 unspecified atom stereocenters. The van der Waals surface area contributed by atoms with Gasteiger partial charge in [-0.3, -0.25) is 4.98 Å². The second kappa shape index (κ2) is 4.41. The molecule has 3 rings (SSSR count). The Hall–Kier alpha value is -2.49. The second-order valence-electron chi connectivity index (χ2n) is 3.84. The summed E-state index contributed by atoms with van der Waals surface area (Å²) in [5.41, 5.74) is 2.60.